The van der Waals surface area contributed by atoms with Crippen molar-refractivity contribution in [3.05, 3.63) is 302 Å². The van der Waals surface area contributed by atoms with Crippen LogP contribution in [0.2, 0.25) is 0 Å². The number of fused-ring (bicyclic) bond motifs is 8. The maximum atomic E-state index is 4.97. The van der Waals surface area contributed by atoms with Crippen LogP contribution in [0, 0.1) is 6.07 Å². The fourth-order valence-corrected chi connectivity index (χ4v) is 13.8. The molecule has 3 aromatic heterocycles. The van der Waals surface area contributed by atoms with E-state index in [9.17, 15) is 0 Å². The number of benzene rings is 8. The van der Waals surface area contributed by atoms with Gasteiger partial charge in [-0.3, -0.25) is 0 Å². The zero-order chi connectivity index (χ0) is 51.7. The molecule has 0 saturated heterocycles. The second-order valence-corrected chi connectivity index (χ2v) is 22.0. The molecule has 13 rings (SSSR count). The topological polar surface area (TPSA) is 57.4 Å². The molecule has 8 bridgehead atoms. The van der Waals surface area contributed by atoms with Crippen molar-refractivity contribution in [1.29, 1.82) is 0 Å². The summed E-state index contributed by atoms with van der Waals surface area (Å²) in [6.45, 7) is 0. The SMILES string of the molecule is [Br][Pt+].[c-]1c2ccc([nH]2)c(-c2ccccc2)c2nc(cc3nc(c(-c4ccccc4)c4ccc1[nH]4)C=C3)C=C2.c1ccc(P(c2ccccc2)c2ccccc2)cc1.c1ccc(P(c2ccccc2)c2ccccc2)cc1. The number of nitrogens with one attached hydrogen (secondary N) is 2. The van der Waals surface area contributed by atoms with Crippen LogP contribution in [0.1, 0.15) is 22.8 Å². The number of H-pyrrole nitrogens is 2. The van der Waals surface area contributed by atoms with Gasteiger partial charge in [0.05, 0.1) is 22.8 Å². The summed E-state index contributed by atoms with van der Waals surface area (Å²) in [7, 11) is -0.892. The molecule has 4 nitrogen and oxygen atoms in total. The third kappa shape index (κ3) is 12.9. The molecule has 0 spiro atoms. The third-order valence-corrected chi connectivity index (χ3v) is 17.4. The van der Waals surface area contributed by atoms with Crippen molar-refractivity contribution in [3.63, 3.8) is 0 Å². The smallest absolute Gasteiger partial charge is 0.0736 e. The molecule has 0 radical (unpaired) electrons. The van der Waals surface area contributed by atoms with Crippen molar-refractivity contribution in [2.24, 2.45) is 0 Å². The fraction of sp³-hybridized carbons (Fsp3) is 0. The van der Waals surface area contributed by atoms with Crippen molar-refractivity contribution in [3.8, 4) is 22.3 Å². The molecule has 0 fully saturated rings. The van der Waals surface area contributed by atoms with Gasteiger partial charge in [-0.05, 0) is 89.2 Å². The van der Waals surface area contributed by atoms with Gasteiger partial charge >= 0.3 is 31.1 Å². The van der Waals surface area contributed by atoms with Crippen LogP contribution in [0.5, 0.6) is 0 Å². The Morgan fingerprint density at radius 2 is 0.579 bits per heavy atom. The van der Waals surface area contributed by atoms with E-state index in [1.807, 2.05) is 48.1 Å². The van der Waals surface area contributed by atoms with Crippen molar-refractivity contribution in [2.45, 2.75) is 0 Å². The molecule has 0 saturated carbocycles. The van der Waals surface area contributed by atoms with Gasteiger partial charge in [-0.15, -0.1) is 18.2 Å². The molecule has 370 valence electrons. The minimum Gasteiger partial charge on any atom is -0.379 e. The quantitative estimate of drug-likeness (QED) is 0.118. The summed E-state index contributed by atoms with van der Waals surface area (Å²) < 4.78 is 0. The molecule has 0 amide bonds. The van der Waals surface area contributed by atoms with Crippen LogP contribution < -0.4 is 31.8 Å². The number of hydrogen-bond donors (Lipinski definition) is 2. The summed E-state index contributed by atoms with van der Waals surface area (Å²) >= 11 is 4.86. The van der Waals surface area contributed by atoms with Gasteiger partial charge < -0.3 is 9.97 Å². The zero-order valence-corrected chi connectivity index (χ0v) is 46.9. The second kappa shape index (κ2) is 26.2. The molecule has 2 aliphatic rings. The number of aromatic nitrogens is 4. The molecule has 11 aromatic rings. The van der Waals surface area contributed by atoms with Crippen LogP contribution in [0.3, 0.4) is 0 Å². The molecule has 2 N–H and O–H groups in total. The Balaban J connectivity index is 0.000000139. The molecular formula is C68H51BrN4P2Pt. The summed E-state index contributed by atoms with van der Waals surface area (Å²) in [5, 5.41) is 8.39. The van der Waals surface area contributed by atoms with Gasteiger partial charge in [0.25, 0.3) is 0 Å². The van der Waals surface area contributed by atoms with Gasteiger partial charge in [-0.1, -0.05) is 266 Å². The predicted molar refractivity (Wildman–Crippen MR) is 328 cm³/mol. The van der Waals surface area contributed by atoms with E-state index < -0.39 is 15.8 Å². The Hall–Kier alpha value is -7.61. The van der Waals surface area contributed by atoms with Gasteiger partial charge in [0.15, 0.2) is 0 Å². The Bertz CT molecular complexity index is 3380. The summed E-state index contributed by atoms with van der Waals surface area (Å²) in [6, 6.07) is 99.2. The molecule has 76 heavy (non-hydrogen) atoms. The standard InChI is InChI=1S/C32H21N4.2C18H15P.BrH.Pt/c1-3-7-21(8-4-1)31-27-15-11-23(33-27)19-25-13-17-29(35-25)32(22-9-5-2-6-10-22)30-18-14-26(36-30)20-24-12-16-28(31)34-24;2*1-4-10-16(11-5-1)19(17-12-6-2-7-13-17)18-14-8-3-9-15-18;;/h1-19,34,36H;2*1-15H;1H;/q-1;;;;+2/p-1. The van der Waals surface area contributed by atoms with Crippen molar-refractivity contribution in [2.75, 3.05) is 0 Å². The van der Waals surface area contributed by atoms with E-state index in [-0.39, 0.29) is 0 Å². The Kier molecular flexibility index (Phi) is 17.9. The summed E-state index contributed by atoms with van der Waals surface area (Å²) in [4.78, 5) is 17.0. The van der Waals surface area contributed by atoms with E-state index in [2.05, 4.69) is 296 Å². The first-order valence-corrected chi connectivity index (χ1v) is 32.5. The number of aromatic amines is 2. The Morgan fingerprint density at radius 3 is 0.855 bits per heavy atom. The first-order chi connectivity index (χ1) is 37.7. The van der Waals surface area contributed by atoms with Gasteiger partial charge in [0.2, 0.25) is 0 Å². The van der Waals surface area contributed by atoms with Gasteiger partial charge in [-0.2, -0.15) is 0 Å². The summed E-state index contributed by atoms with van der Waals surface area (Å²) in [5.41, 5.74) is 11.7. The molecule has 0 aliphatic carbocycles. The maximum Gasteiger partial charge on any atom is 0.0736 e. The van der Waals surface area contributed by atoms with E-state index in [0.717, 1.165) is 67.1 Å². The van der Waals surface area contributed by atoms with Crippen LogP contribution in [0.15, 0.2) is 273 Å². The predicted octanol–water partition coefficient (Wildman–Crippen LogP) is 15.5. The normalized spacial score (nSPS) is 11.2. The van der Waals surface area contributed by atoms with Crippen LogP contribution >= 0.6 is 29.1 Å². The van der Waals surface area contributed by atoms with E-state index in [1.165, 1.54) is 31.8 Å². The largest absolute Gasteiger partial charge is 0.379 e. The third-order valence-electron chi connectivity index (χ3n) is 12.5. The van der Waals surface area contributed by atoms with Gasteiger partial charge in [-0.25, -0.2) is 9.97 Å². The van der Waals surface area contributed by atoms with E-state index >= 15 is 0 Å². The number of nitrogens with zero attached hydrogens (tertiary/aromatic N) is 2. The van der Waals surface area contributed by atoms with Crippen molar-refractivity contribution in [1.82, 2.24) is 19.9 Å². The van der Waals surface area contributed by atoms with Crippen molar-refractivity contribution >= 4 is 107 Å². The molecule has 0 atom stereocenters. The Morgan fingerprint density at radius 1 is 0.316 bits per heavy atom. The maximum absolute atomic E-state index is 4.97. The summed E-state index contributed by atoms with van der Waals surface area (Å²) in [6.07, 6.45) is 8.24. The van der Waals surface area contributed by atoms with E-state index in [0.29, 0.717) is 0 Å². The summed E-state index contributed by atoms with van der Waals surface area (Å²) in [5.74, 6) is 0. The van der Waals surface area contributed by atoms with Crippen LogP contribution in [-0.2, 0) is 17.8 Å². The number of halogens is 1. The first-order valence-electron chi connectivity index (χ1n) is 24.9. The molecule has 2 aliphatic heterocycles. The number of hydrogen-bond acceptors (Lipinski definition) is 2. The second-order valence-electron chi connectivity index (χ2n) is 17.5. The average molecular weight is 1260 g/mol. The number of rotatable bonds is 8. The monoisotopic (exact) mass is 1260 g/mol. The van der Waals surface area contributed by atoms with Crippen LogP contribution in [0.4, 0.5) is 0 Å². The molecule has 8 aromatic carbocycles. The van der Waals surface area contributed by atoms with Crippen LogP contribution in [-0.4, -0.2) is 19.9 Å². The average Bonchev–Trinajstić information content (AvgIpc) is 4.35. The van der Waals surface area contributed by atoms with E-state index in [4.69, 9.17) is 9.97 Å². The molecule has 5 heterocycles. The minimum atomic E-state index is -0.446. The molecular weight excluding hydrogens is 1210 g/mol. The molecule has 8 heteroatoms. The van der Waals surface area contributed by atoms with Gasteiger partial charge in [0.1, 0.15) is 0 Å². The van der Waals surface area contributed by atoms with Crippen molar-refractivity contribution < 1.29 is 17.8 Å². The van der Waals surface area contributed by atoms with E-state index in [1.54, 1.807) is 0 Å². The zero-order valence-electron chi connectivity index (χ0n) is 41.3. The van der Waals surface area contributed by atoms with Gasteiger partial charge in [0, 0.05) is 22.2 Å². The Labute approximate surface area is 465 Å². The molecule has 0 unspecified atom stereocenters. The minimum absolute atomic E-state index is 0.446. The first kappa shape index (κ1) is 51.9. The van der Waals surface area contributed by atoms with Crippen LogP contribution in [0.25, 0.3) is 68.6 Å². The fourth-order valence-electron chi connectivity index (χ4n) is 9.17.